The van der Waals surface area contributed by atoms with E-state index >= 15 is 0 Å². The molecule has 0 unspecified atom stereocenters. The summed E-state index contributed by atoms with van der Waals surface area (Å²) in [6.45, 7) is 1.87. The molecular formula is C15H11ClN2O2. The summed E-state index contributed by atoms with van der Waals surface area (Å²) in [5, 5.41) is 13.9. The molecule has 1 N–H and O–H groups in total. The molecule has 100 valence electrons. The van der Waals surface area contributed by atoms with Crippen LogP contribution in [0.4, 0.5) is 0 Å². The summed E-state index contributed by atoms with van der Waals surface area (Å²) < 4.78 is 5.28. The quantitative estimate of drug-likeness (QED) is 0.771. The molecule has 3 aromatic rings. The highest BCUT2D eigenvalue weighted by molar-refractivity contribution is 6.33. The molecule has 1 heterocycles. The van der Waals surface area contributed by atoms with E-state index in [0.29, 0.717) is 16.7 Å². The van der Waals surface area contributed by atoms with Crippen LogP contribution in [0.1, 0.15) is 5.56 Å². The zero-order valence-electron chi connectivity index (χ0n) is 10.7. The fraction of sp³-hybridized carbons (Fsp3) is 0.0667. The second-order valence-corrected chi connectivity index (χ2v) is 4.81. The fourth-order valence-electron chi connectivity index (χ4n) is 1.97. The number of hydrogen-bond acceptors (Lipinski definition) is 4. The summed E-state index contributed by atoms with van der Waals surface area (Å²) in [7, 11) is 0. The molecule has 0 aliphatic heterocycles. The highest BCUT2D eigenvalue weighted by Crippen LogP contribution is 2.29. The van der Waals surface area contributed by atoms with Crippen molar-refractivity contribution < 1.29 is 9.63 Å². The number of aromatic hydroxyl groups is 1. The molecule has 20 heavy (non-hydrogen) atoms. The molecule has 0 bridgehead atoms. The van der Waals surface area contributed by atoms with Crippen LogP contribution in [0.5, 0.6) is 5.75 Å². The second kappa shape index (κ2) is 4.98. The maximum Gasteiger partial charge on any atom is 0.258 e. The van der Waals surface area contributed by atoms with Crippen molar-refractivity contribution in [2.24, 2.45) is 0 Å². The van der Waals surface area contributed by atoms with Gasteiger partial charge in [0.15, 0.2) is 0 Å². The van der Waals surface area contributed by atoms with Crippen LogP contribution in [0.15, 0.2) is 47.0 Å². The van der Waals surface area contributed by atoms with Gasteiger partial charge in [0.25, 0.3) is 5.89 Å². The van der Waals surface area contributed by atoms with E-state index < -0.39 is 0 Å². The Morgan fingerprint density at radius 1 is 1.10 bits per heavy atom. The van der Waals surface area contributed by atoms with Crippen LogP contribution in [-0.2, 0) is 0 Å². The molecule has 3 rings (SSSR count). The van der Waals surface area contributed by atoms with E-state index in [0.717, 1.165) is 16.7 Å². The monoisotopic (exact) mass is 286 g/mol. The third-order valence-corrected chi connectivity index (χ3v) is 3.31. The van der Waals surface area contributed by atoms with E-state index in [2.05, 4.69) is 10.1 Å². The second-order valence-electron chi connectivity index (χ2n) is 4.40. The number of rotatable bonds is 2. The van der Waals surface area contributed by atoms with E-state index in [-0.39, 0.29) is 5.75 Å². The summed E-state index contributed by atoms with van der Waals surface area (Å²) in [6.07, 6.45) is 0. The zero-order chi connectivity index (χ0) is 14.1. The number of aromatic nitrogens is 2. The fourth-order valence-corrected chi connectivity index (χ4v) is 2.19. The van der Waals surface area contributed by atoms with Crippen molar-refractivity contribution in [2.75, 3.05) is 0 Å². The van der Waals surface area contributed by atoms with Gasteiger partial charge in [-0.2, -0.15) is 4.98 Å². The van der Waals surface area contributed by atoms with Gasteiger partial charge in [-0.25, -0.2) is 0 Å². The number of halogens is 1. The first-order chi connectivity index (χ1) is 9.65. The molecule has 0 radical (unpaired) electrons. The molecule has 1 aromatic heterocycles. The SMILES string of the molecule is Cc1cc(O)ccc1-c1nc(-c2ccccc2Cl)no1. The number of hydrogen-bond donors (Lipinski definition) is 1. The molecule has 4 nitrogen and oxygen atoms in total. The predicted molar refractivity (Wildman–Crippen MR) is 76.6 cm³/mol. The van der Waals surface area contributed by atoms with E-state index in [1.807, 2.05) is 25.1 Å². The standard InChI is InChI=1S/C15H11ClN2O2/c1-9-8-10(19)6-7-11(9)15-17-14(18-20-15)12-4-2-3-5-13(12)16/h2-8,19H,1H3. The van der Waals surface area contributed by atoms with Crippen LogP contribution in [-0.4, -0.2) is 15.2 Å². The Bertz CT molecular complexity index is 768. The van der Waals surface area contributed by atoms with Crippen LogP contribution in [0.25, 0.3) is 22.8 Å². The molecular weight excluding hydrogens is 276 g/mol. The molecule has 0 aliphatic rings. The smallest absolute Gasteiger partial charge is 0.258 e. The van der Waals surface area contributed by atoms with E-state index in [1.54, 1.807) is 24.3 Å². The van der Waals surface area contributed by atoms with Gasteiger partial charge >= 0.3 is 0 Å². The number of aryl methyl sites for hydroxylation is 1. The van der Waals surface area contributed by atoms with Gasteiger partial charge in [-0.3, -0.25) is 0 Å². The topological polar surface area (TPSA) is 59.2 Å². The number of nitrogens with zero attached hydrogens (tertiary/aromatic N) is 2. The largest absolute Gasteiger partial charge is 0.508 e. The lowest BCUT2D eigenvalue weighted by atomic mass is 10.1. The maximum absolute atomic E-state index is 9.42. The van der Waals surface area contributed by atoms with Crippen molar-refractivity contribution in [3.63, 3.8) is 0 Å². The Labute approximate surface area is 120 Å². The average Bonchev–Trinajstić information content (AvgIpc) is 2.88. The van der Waals surface area contributed by atoms with Gasteiger partial charge in [0.1, 0.15) is 5.75 Å². The van der Waals surface area contributed by atoms with Crippen LogP contribution in [0, 0.1) is 6.92 Å². The Balaban J connectivity index is 2.04. The minimum absolute atomic E-state index is 0.206. The lowest BCUT2D eigenvalue weighted by Crippen LogP contribution is -1.84. The van der Waals surface area contributed by atoms with Crippen molar-refractivity contribution in [3.05, 3.63) is 53.1 Å². The van der Waals surface area contributed by atoms with Crippen molar-refractivity contribution in [1.29, 1.82) is 0 Å². The Hall–Kier alpha value is -2.33. The van der Waals surface area contributed by atoms with Crippen molar-refractivity contribution in [3.8, 4) is 28.6 Å². The molecule has 2 aromatic carbocycles. The van der Waals surface area contributed by atoms with Crippen LogP contribution < -0.4 is 0 Å². The molecule has 0 saturated heterocycles. The van der Waals surface area contributed by atoms with Crippen LogP contribution in [0.2, 0.25) is 5.02 Å². The molecule has 5 heteroatoms. The summed E-state index contributed by atoms with van der Waals surface area (Å²) in [5.41, 5.74) is 2.37. The number of phenols is 1. The molecule has 0 atom stereocenters. The van der Waals surface area contributed by atoms with Gasteiger partial charge in [-0.1, -0.05) is 28.9 Å². The van der Waals surface area contributed by atoms with Gasteiger partial charge in [0.05, 0.1) is 5.02 Å². The predicted octanol–water partition coefficient (Wildman–Crippen LogP) is 4.07. The van der Waals surface area contributed by atoms with Crippen molar-refractivity contribution in [1.82, 2.24) is 10.1 Å². The Kier molecular flexibility index (Phi) is 3.16. The summed E-state index contributed by atoms with van der Waals surface area (Å²) in [6, 6.07) is 12.3. The third-order valence-electron chi connectivity index (χ3n) is 2.98. The van der Waals surface area contributed by atoms with Crippen LogP contribution in [0.3, 0.4) is 0 Å². The Morgan fingerprint density at radius 3 is 2.65 bits per heavy atom. The molecule has 0 saturated carbocycles. The number of benzene rings is 2. The first kappa shape index (κ1) is 12.7. The van der Waals surface area contributed by atoms with E-state index in [1.165, 1.54) is 0 Å². The minimum atomic E-state index is 0.206. The lowest BCUT2D eigenvalue weighted by molar-refractivity contribution is 0.432. The molecule has 0 aliphatic carbocycles. The molecule has 0 amide bonds. The van der Waals surface area contributed by atoms with E-state index in [4.69, 9.17) is 16.1 Å². The van der Waals surface area contributed by atoms with E-state index in [9.17, 15) is 5.11 Å². The lowest BCUT2D eigenvalue weighted by Gasteiger charge is -2.00. The highest BCUT2D eigenvalue weighted by Gasteiger charge is 2.14. The van der Waals surface area contributed by atoms with Crippen LogP contribution >= 0.6 is 11.6 Å². The summed E-state index contributed by atoms with van der Waals surface area (Å²) in [5.74, 6) is 1.05. The zero-order valence-corrected chi connectivity index (χ0v) is 11.4. The maximum atomic E-state index is 9.42. The molecule has 0 fully saturated rings. The Morgan fingerprint density at radius 2 is 1.90 bits per heavy atom. The molecule has 0 spiro atoms. The number of phenolic OH excluding ortho intramolecular Hbond substituents is 1. The van der Waals surface area contributed by atoms with Crippen molar-refractivity contribution >= 4 is 11.6 Å². The van der Waals surface area contributed by atoms with Gasteiger partial charge in [-0.05, 0) is 42.8 Å². The van der Waals surface area contributed by atoms with Gasteiger partial charge in [0.2, 0.25) is 5.82 Å². The normalized spacial score (nSPS) is 10.7. The first-order valence-corrected chi connectivity index (χ1v) is 6.41. The average molecular weight is 287 g/mol. The minimum Gasteiger partial charge on any atom is -0.508 e. The van der Waals surface area contributed by atoms with Crippen molar-refractivity contribution in [2.45, 2.75) is 6.92 Å². The van der Waals surface area contributed by atoms with Gasteiger partial charge < -0.3 is 9.63 Å². The summed E-state index contributed by atoms with van der Waals surface area (Å²) in [4.78, 5) is 4.36. The third kappa shape index (κ3) is 2.26. The highest BCUT2D eigenvalue weighted by atomic mass is 35.5. The van der Waals surface area contributed by atoms with Gasteiger partial charge in [0, 0.05) is 11.1 Å². The first-order valence-electron chi connectivity index (χ1n) is 6.04. The summed E-state index contributed by atoms with van der Waals surface area (Å²) >= 11 is 6.11. The van der Waals surface area contributed by atoms with Gasteiger partial charge in [-0.15, -0.1) is 0 Å².